The Kier molecular flexibility index (Phi) is 5.76. The molecule has 0 aromatic heterocycles. The molecule has 3 rings (SSSR count). The van der Waals surface area contributed by atoms with E-state index in [1.165, 1.54) is 4.31 Å². The van der Waals surface area contributed by atoms with E-state index in [-0.39, 0.29) is 17.9 Å². The van der Waals surface area contributed by atoms with Crippen molar-refractivity contribution >= 4 is 15.9 Å². The summed E-state index contributed by atoms with van der Waals surface area (Å²) >= 11 is 0. The van der Waals surface area contributed by atoms with E-state index in [0.717, 1.165) is 26.1 Å². The molecule has 0 radical (unpaired) electrons. The van der Waals surface area contributed by atoms with Crippen molar-refractivity contribution < 1.29 is 13.2 Å². The molecule has 0 saturated carbocycles. The monoisotopic (exact) mass is 365 g/mol. The van der Waals surface area contributed by atoms with E-state index in [4.69, 9.17) is 0 Å². The van der Waals surface area contributed by atoms with E-state index in [0.29, 0.717) is 30.8 Å². The van der Waals surface area contributed by atoms with Crippen LogP contribution < -0.4 is 5.32 Å². The van der Waals surface area contributed by atoms with Crippen LogP contribution in [0.4, 0.5) is 0 Å². The van der Waals surface area contributed by atoms with Gasteiger partial charge >= 0.3 is 0 Å². The van der Waals surface area contributed by atoms with Gasteiger partial charge in [0.15, 0.2) is 0 Å². The maximum Gasteiger partial charge on any atom is 0.243 e. The molecule has 25 heavy (non-hydrogen) atoms. The fraction of sp³-hybridized carbons (Fsp3) is 0.611. The summed E-state index contributed by atoms with van der Waals surface area (Å²) in [4.78, 5) is 15.0. The molecule has 2 saturated heterocycles. The Morgan fingerprint density at radius 1 is 1.12 bits per heavy atom. The van der Waals surface area contributed by atoms with Gasteiger partial charge in [0.25, 0.3) is 0 Å². The Morgan fingerprint density at radius 3 is 2.40 bits per heavy atom. The number of hydrogen-bond acceptors (Lipinski definition) is 4. The standard InChI is InChI=1S/C18H27N3O3S/c1-2-20-11-8-15(14-20)18(22)19-16-9-12-21(13-10-16)25(23,24)17-6-4-3-5-7-17/h3-7,15-16H,2,8-14H2,1H3,(H,19,22)/t15-/m0/s1. The summed E-state index contributed by atoms with van der Waals surface area (Å²) in [6, 6.07) is 8.61. The third kappa shape index (κ3) is 4.22. The summed E-state index contributed by atoms with van der Waals surface area (Å²) in [6.45, 7) is 5.83. The summed E-state index contributed by atoms with van der Waals surface area (Å²) in [5.74, 6) is 0.200. The second kappa shape index (κ2) is 7.85. The molecule has 2 fully saturated rings. The van der Waals surface area contributed by atoms with Crippen LogP contribution >= 0.6 is 0 Å². The lowest BCUT2D eigenvalue weighted by atomic mass is 10.0. The molecule has 0 aliphatic carbocycles. The van der Waals surface area contributed by atoms with Crippen LogP contribution in [0.3, 0.4) is 0 Å². The molecule has 1 atom stereocenters. The number of carbonyl (C=O) groups is 1. The van der Waals surface area contributed by atoms with E-state index >= 15 is 0 Å². The lowest BCUT2D eigenvalue weighted by Crippen LogP contribution is -2.48. The maximum atomic E-state index is 12.6. The molecule has 1 amide bonds. The van der Waals surface area contributed by atoms with Gasteiger partial charge in [0, 0.05) is 25.7 Å². The lowest BCUT2D eigenvalue weighted by molar-refractivity contribution is -0.125. The van der Waals surface area contributed by atoms with Crippen molar-refractivity contribution in [1.82, 2.24) is 14.5 Å². The Balaban J connectivity index is 1.51. The number of piperidine rings is 1. The smallest absolute Gasteiger partial charge is 0.243 e. The highest BCUT2D eigenvalue weighted by Gasteiger charge is 2.32. The van der Waals surface area contributed by atoms with Crippen LogP contribution in [0.1, 0.15) is 26.2 Å². The normalized spacial score (nSPS) is 23.6. The molecule has 6 nitrogen and oxygen atoms in total. The predicted molar refractivity (Wildman–Crippen MR) is 96.6 cm³/mol. The summed E-state index contributed by atoms with van der Waals surface area (Å²) in [5, 5.41) is 3.13. The largest absolute Gasteiger partial charge is 0.353 e. The highest BCUT2D eigenvalue weighted by atomic mass is 32.2. The van der Waals surface area contributed by atoms with Crippen LogP contribution in [0, 0.1) is 5.92 Å². The van der Waals surface area contributed by atoms with Gasteiger partial charge in [0.2, 0.25) is 15.9 Å². The van der Waals surface area contributed by atoms with Gasteiger partial charge in [0.1, 0.15) is 0 Å². The number of likely N-dealkylation sites (tertiary alicyclic amines) is 1. The van der Waals surface area contributed by atoms with Crippen LogP contribution in [0.15, 0.2) is 35.2 Å². The fourth-order valence-corrected chi connectivity index (χ4v) is 5.13. The van der Waals surface area contributed by atoms with Crippen molar-refractivity contribution in [1.29, 1.82) is 0 Å². The first-order valence-electron chi connectivity index (χ1n) is 9.08. The number of amides is 1. The zero-order valence-corrected chi connectivity index (χ0v) is 15.5. The predicted octanol–water partition coefficient (Wildman–Crippen LogP) is 1.30. The molecule has 1 N–H and O–H groups in total. The van der Waals surface area contributed by atoms with Crippen molar-refractivity contribution in [2.75, 3.05) is 32.7 Å². The van der Waals surface area contributed by atoms with Crippen LogP contribution in [0.5, 0.6) is 0 Å². The minimum atomic E-state index is -3.43. The van der Waals surface area contributed by atoms with Crippen LogP contribution in [0.25, 0.3) is 0 Å². The highest BCUT2D eigenvalue weighted by molar-refractivity contribution is 7.89. The van der Waals surface area contributed by atoms with Gasteiger partial charge in [0.05, 0.1) is 10.8 Å². The van der Waals surface area contributed by atoms with E-state index in [1.54, 1.807) is 24.3 Å². The number of sulfonamides is 1. The van der Waals surface area contributed by atoms with Gasteiger partial charge in [-0.15, -0.1) is 0 Å². The average Bonchev–Trinajstić information content (AvgIpc) is 3.12. The van der Waals surface area contributed by atoms with Gasteiger partial charge in [-0.2, -0.15) is 4.31 Å². The minimum Gasteiger partial charge on any atom is -0.353 e. The second-order valence-corrected chi connectivity index (χ2v) is 8.82. The minimum absolute atomic E-state index is 0.0744. The first-order valence-corrected chi connectivity index (χ1v) is 10.5. The maximum absolute atomic E-state index is 12.6. The van der Waals surface area contributed by atoms with Gasteiger partial charge in [-0.3, -0.25) is 4.79 Å². The molecule has 7 heteroatoms. The van der Waals surface area contributed by atoms with E-state index < -0.39 is 10.0 Å². The van der Waals surface area contributed by atoms with Crippen LogP contribution in [-0.2, 0) is 14.8 Å². The van der Waals surface area contributed by atoms with Crippen LogP contribution in [0.2, 0.25) is 0 Å². The number of nitrogens with one attached hydrogen (secondary N) is 1. The summed E-state index contributed by atoms with van der Waals surface area (Å²) in [5.41, 5.74) is 0. The number of nitrogens with zero attached hydrogens (tertiary/aromatic N) is 2. The Hall–Kier alpha value is -1.44. The first-order chi connectivity index (χ1) is 12.0. The van der Waals surface area contributed by atoms with Gasteiger partial charge < -0.3 is 10.2 Å². The van der Waals surface area contributed by atoms with E-state index in [9.17, 15) is 13.2 Å². The van der Waals surface area contributed by atoms with Crippen molar-refractivity contribution in [3.05, 3.63) is 30.3 Å². The highest BCUT2D eigenvalue weighted by Crippen LogP contribution is 2.21. The molecule has 0 bridgehead atoms. The van der Waals surface area contributed by atoms with E-state index in [1.807, 2.05) is 6.07 Å². The fourth-order valence-electron chi connectivity index (χ4n) is 3.63. The molecule has 2 aliphatic rings. The summed E-state index contributed by atoms with van der Waals surface area (Å²) in [6.07, 6.45) is 2.25. The van der Waals surface area contributed by atoms with Gasteiger partial charge in [-0.1, -0.05) is 25.1 Å². The first kappa shape index (κ1) is 18.4. The van der Waals surface area contributed by atoms with Crippen molar-refractivity contribution in [2.24, 2.45) is 5.92 Å². The molecule has 0 spiro atoms. The van der Waals surface area contributed by atoms with Gasteiger partial charge in [-0.05, 0) is 44.5 Å². The van der Waals surface area contributed by atoms with Crippen LogP contribution in [-0.4, -0.2) is 62.3 Å². The number of hydrogen-bond donors (Lipinski definition) is 1. The number of carbonyl (C=O) groups excluding carboxylic acids is 1. The SMILES string of the molecule is CCN1CC[C@H](C(=O)NC2CCN(S(=O)(=O)c3ccccc3)CC2)C1. The topological polar surface area (TPSA) is 69.7 Å². The molecule has 2 heterocycles. The zero-order chi connectivity index (χ0) is 17.9. The molecular formula is C18H27N3O3S. The lowest BCUT2D eigenvalue weighted by Gasteiger charge is -2.32. The third-order valence-electron chi connectivity index (χ3n) is 5.27. The summed E-state index contributed by atoms with van der Waals surface area (Å²) in [7, 11) is -3.43. The Morgan fingerprint density at radius 2 is 1.80 bits per heavy atom. The number of rotatable bonds is 5. The number of benzene rings is 1. The van der Waals surface area contributed by atoms with E-state index in [2.05, 4.69) is 17.1 Å². The molecule has 1 aromatic rings. The summed E-state index contributed by atoms with van der Waals surface area (Å²) < 4.78 is 26.8. The van der Waals surface area contributed by atoms with Crippen molar-refractivity contribution in [3.8, 4) is 0 Å². The molecule has 2 aliphatic heterocycles. The molecule has 0 unspecified atom stereocenters. The second-order valence-electron chi connectivity index (χ2n) is 6.88. The molecule has 1 aromatic carbocycles. The molecule has 138 valence electrons. The Bertz CT molecular complexity index is 685. The zero-order valence-electron chi connectivity index (χ0n) is 14.7. The Labute approximate surface area is 150 Å². The molecular weight excluding hydrogens is 338 g/mol. The third-order valence-corrected chi connectivity index (χ3v) is 7.18. The van der Waals surface area contributed by atoms with Crippen molar-refractivity contribution in [2.45, 2.75) is 37.1 Å². The average molecular weight is 365 g/mol. The van der Waals surface area contributed by atoms with Gasteiger partial charge in [-0.25, -0.2) is 8.42 Å². The quantitative estimate of drug-likeness (QED) is 0.854. The van der Waals surface area contributed by atoms with Crippen molar-refractivity contribution in [3.63, 3.8) is 0 Å².